The van der Waals surface area contributed by atoms with Gasteiger partial charge in [0.15, 0.2) is 0 Å². The van der Waals surface area contributed by atoms with Gasteiger partial charge in [0.25, 0.3) is 0 Å². The van der Waals surface area contributed by atoms with Crippen molar-refractivity contribution in [3.05, 3.63) is 51.8 Å². The molecular formula is C16H22BrN3. The largest absolute Gasteiger partial charge is 0.308 e. The molecule has 1 aromatic heterocycles. The molecule has 0 amide bonds. The fourth-order valence-corrected chi connectivity index (χ4v) is 2.47. The van der Waals surface area contributed by atoms with Crippen LogP contribution in [0.4, 0.5) is 0 Å². The van der Waals surface area contributed by atoms with E-state index in [1.165, 1.54) is 11.1 Å². The average Bonchev–Trinajstić information content (AvgIpc) is 2.74. The van der Waals surface area contributed by atoms with Gasteiger partial charge in [0, 0.05) is 22.8 Å². The molecule has 108 valence electrons. The molecule has 0 aliphatic rings. The molecule has 2 rings (SSSR count). The van der Waals surface area contributed by atoms with E-state index in [1.807, 2.05) is 23.9 Å². The molecule has 0 saturated heterocycles. The lowest BCUT2D eigenvalue weighted by molar-refractivity contribution is 0.424. The summed E-state index contributed by atoms with van der Waals surface area (Å²) in [4.78, 5) is 0. The van der Waals surface area contributed by atoms with Gasteiger partial charge in [0.1, 0.15) is 0 Å². The smallest absolute Gasteiger partial charge is 0.0670 e. The van der Waals surface area contributed by atoms with E-state index < -0.39 is 0 Å². The Balaban J connectivity index is 2.06. The molecular weight excluding hydrogens is 314 g/mol. The van der Waals surface area contributed by atoms with Gasteiger partial charge in [-0.25, -0.2) is 0 Å². The second-order valence-electron chi connectivity index (χ2n) is 6.18. The van der Waals surface area contributed by atoms with Gasteiger partial charge in [-0.2, -0.15) is 5.10 Å². The van der Waals surface area contributed by atoms with Crippen molar-refractivity contribution in [2.24, 2.45) is 0 Å². The van der Waals surface area contributed by atoms with Crippen molar-refractivity contribution in [2.45, 2.75) is 46.3 Å². The van der Waals surface area contributed by atoms with E-state index in [2.05, 4.69) is 65.3 Å². The molecule has 1 heterocycles. The maximum Gasteiger partial charge on any atom is 0.0670 e. The Morgan fingerprint density at radius 1 is 1.25 bits per heavy atom. The highest BCUT2D eigenvalue weighted by Gasteiger charge is 2.09. The summed E-state index contributed by atoms with van der Waals surface area (Å²) in [6.07, 6.45) is 2.01. The zero-order chi connectivity index (χ0) is 14.8. The van der Waals surface area contributed by atoms with Gasteiger partial charge < -0.3 is 5.32 Å². The molecule has 0 spiro atoms. The van der Waals surface area contributed by atoms with Crippen molar-refractivity contribution in [3.8, 4) is 0 Å². The minimum atomic E-state index is 0.137. The summed E-state index contributed by atoms with van der Waals surface area (Å²) >= 11 is 3.66. The van der Waals surface area contributed by atoms with Crippen molar-refractivity contribution in [1.29, 1.82) is 0 Å². The van der Waals surface area contributed by atoms with E-state index in [0.29, 0.717) is 0 Å². The molecule has 1 N–H and O–H groups in total. The fraction of sp³-hybridized carbons (Fsp3) is 0.438. The first-order chi connectivity index (χ1) is 9.33. The standard InChI is InChI=1S/C16H22BrN3/c1-12-7-8-20(19-12)11-14-6-5-13(9-15(14)17)10-18-16(2,3)4/h5-9,18H,10-11H2,1-4H3. The van der Waals surface area contributed by atoms with Gasteiger partial charge in [-0.3, -0.25) is 4.68 Å². The lowest BCUT2D eigenvalue weighted by Crippen LogP contribution is -2.35. The first kappa shape index (κ1) is 15.3. The minimum absolute atomic E-state index is 0.137. The topological polar surface area (TPSA) is 29.9 Å². The van der Waals surface area contributed by atoms with Crippen LogP contribution >= 0.6 is 15.9 Å². The second kappa shape index (κ2) is 6.10. The van der Waals surface area contributed by atoms with Crippen molar-refractivity contribution >= 4 is 15.9 Å². The lowest BCUT2D eigenvalue weighted by Gasteiger charge is -2.20. The quantitative estimate of drug-likeness (QED) is 0.918. The van der Waals surface area contributed by atoms with Gasteiger partial charge >= 0.3 is 0 Å². The van der Waals surface area contributed by atoms with Crippen molar-refractivity contribution in [3.63, 3.8) is 0 Å². The number of halogens is 1. The maximum absolute atomic E-state index is 4.42. The Kier molecular flexibility index (Phi) is 4.66. The number of benzene rings is 1. The lowest BCUT2D eigenvalue weighted by atomic mass is 10.1. The zero-order valence-electron chi connectivity index (χ0n) is 12.6. The number of rotatable bonds is 4. The molecule has 0 aliphatic heterocycles. The van der Waals surface area contributed by atoms with Crippen LogP contribution in [0.3, 0.4) is 0 Å². The molecule has 20 heavy (non-hydrogen) atoms. The highest BCUT2D eigenvalue weighted by Crippen LogP contribution is 2.20. The second-order valence-corrected chi connectivity index (χ2v) is 7.04. The van der Waals surface area contributed by atoms with Gasteiger partial charge in [0.05, 0.1) is 12.2 Å². The van der Waals surface area contributed by atoms with Crippen LogP contribution < -0.4 is 5.32 Å². The Bertz CT molecular complexity index is 582. The van der Waals surface area contributed by atoms with Gasteiger partial charge in [-0.15, -0.1) is 0 Å². The van der Waals surface area contributed by atoms with E-state index in [4.69, 9.17) is 0 Å². The summed E-state index contributed by atoms with van der Waals surface area (Å²) in [6, 6.07) is 8.55. The van der Waals surface area contributed by atoms with Crippen LogP contribution in [0.15, 0.2) is 34.9 Å². The molecule has 0 bridgehead atoms. The van der Waals surface area contributed by atoms with E-state index in [0.717, 1.165) is 23.3 Å². The number of hydrogen-bond donors (Lipinski definition) is 1. The monoisotopic (exact) mass is 335 g/mol. The number of aromatic nitrogens is 2. The summed E-state index contributed by atoms with van der Waals surface area (Å²) in [5, 5.41) is 7.92. The number of nitrogens with one attached hydrogen (secondary N) is 1. The normalized spacial score (nSPS) is 11.8. The van der Waals surface area contributed by atoms with Crippen molar-refractivity contribution < 1.29 is 0 Å². The maximum atomic E-state index is 4.42. The predicted octanol–water partition coefficient (Wildman–Crippen LogP) is 3.89. The summed E-state index contributed by atoms with van der Waals surface area (Å²) in [5.41, 5.74) is 3.71. The van der Waals surface area contributed by atoms with Gasteiger partial charge in [-0.05, 0) is 51.0 Å². The van der Waals surface area contributed by atoms with Gasteiger partial charge in [-0.1, -0.05) is 28.1 Å². The van der Waals surface area contributed by atoms with Crippen LogP contribution in [0.25, 0.3) is 0 Å². The van der Waals surface area contributed by atoms with Crippen LogP contribution in [-0.2, 0) is 13.1 Å². The van der Waals surface area contributed by atoms with E-state index in [9.17, 15) is 0 Å². The Morgan fingerprint density at radius 3 is 2.55 bits per heavy atom. The third-order valence-corrected chi connectivity index (χ3v) is 3.78. The SMILES string of the molecule is Cc1ccn(Cc2ccc(CNC(C)(C)C)cc2Br)n1. The molecule has 4 heteroatoms. The van der Waals surface area contributed by atoms with Crippen LogP contribution in [0, 0.1) is 6.92 Å². The van der Waals surface area contributed by atoms with E-state index in [1.54, 1.807) is 0 Å². The Hall–Kier alpha value is -1.13. The van der Waals surface area contributed by atoms with Crippen LogP contribution in [0.1, 0.15) is 37.6 Å². The third-order valence-electron chi connectivity index (χ3n) is 3.05. The number of nitrogens with zero attached hydrogens (tertiary/aromatic N) is 2. The molecule has 0 fully saturated rings. The molecule has 0 radical (unpaired) electrons. The third kappa shape index (κ3) is 4.46. The van der Waals surface area contributed by atoms with E-state index >= 15 is 0 Å². The zero-order valence-corrected chi connectivity index (χ0v) is 14.2. The summed E-state index contributed by atoms with van der Waals surface area (Å²) in [6.45, 7) is 10.2. The fourth-order valence-electron chi connectivity index (χ4n) is 1.92. The molecule has 1 aromatic carbocycles. The number of hydrogen-bond acceptors (Lipinski definition) is 2. The summed E-state index contributed by atoms with van der Waals surface area (Å²) < 4.78 is 3.10. The van der Waals surface area contributed by atoms with Crippen molar-refractivity contribution in [2.75, 3.05) is 0 Å². The predicted molar refractivity (Wildman–Crippen MR) is 86.8 cm³/mol. The average molecular weight is 336 g/mol. The Morgan fingerprint density at radius 2 is 2.00 bits per heavy atom. The van der Waals surface area contributed by atoms with Crippen LogP contribution in [0.5, 0.6) is 0 Å². The molecule has 3 nitrogen and oxygen atoms in total. The molecule has 0 saturated carbocycles. The minimum Gasteiger partial charge on any atom is -0.308 e. The summed E-state index contributed by atoms with van der Waals surface area (Å²) in [5.74, 6) is 0. The Labute approximate surface area is 129 Å². The first-order valence-corrected chi connectivity index (χ1v) is 7.65. The molecule has 0 aliphatic carbocycles. The first-order valence-electron chi connectivity index (χ1n) is 6.86. The molecule has 0 atom stereocenters. The molecule has 0 unspecified atom stereocenters. The van der Waals surface area contributed by atoms with E-state index in [-0.39, 0.29) is 5.54 Å². The van der Waals surface area contributed by atoms with Gasteiger partial charge in [0.2, 0.25) is 0 Å². The molecule has 2 aromatic rings. The number of aryl methyl sites for hydroxylation is 1. The van der Waals surface area contributed by atoms with Crippen LogP contribution in [0.2, 0.25) is 0 Å². The highest BCUT2D eigenvalue weighted by molar-refractivity contribution is 9.10. The summed E-state index contributed by atoms with van der Waals surface area (Å²) in [7, 11) is 0. The highest BCUT2D eigenvalue weighted by atomic mass is 79.9. The van der Waals surface area contributed by atoms with Crippen molar-refractivity contribution in [1.82, 2.24) is 15.1 Å². The van der Waals surface area contributed by atoms with Crippen LogP contribution in [-0.4, -0.2) is 15.3 Å².